The van der Waals surface area contributed by atoms with Crippen LogP contribution >= 0.6 is 15.9 Å². The van der Waals surface area contributed by atoms with Crippen LogP contribution in [-0.4, -0.2) is 19.9 Å². The largest absolute Gasteiger partial charge is 0.388 e. The lowest BCUT2D eigenvalue weighted by Gasteiger charge is -2.15. The van der Waals surface area contributed by atoms with Crippen molar-refractivity contribution in [3.63, 3.8) is 0 Å². The second-order valence-corrected chi connectivity index (χ2v) is 5.37. The summed E-state index contributed by atoms with van der Waals surface area (Å²) in [6.45, 7) is 3.98. The van der Waals surface area contributed by atoms with Gasteiger partial charge < -0.3 is 5.11 Å². The molecule has 19 heavy (non-hydrogen) atoms. The highest BCUT2D eigenvalue weighted by atomic mass is 79.9. The molecule has 1 N–H and O–H groups in total. The molecule has 0 spiro atoms. The fraction of sp³-hybridized carbons (Fsp3) is 0.385. The van der Waals surface area contributed by atoms with Gasteiger partial charge in [-0.05, 0) is 41.4 Å². The van der Waals surface area contributed by atoms with Crippen LogP contribution in [0, 0.1) is 5.82 Å². The minimum absolute atomic E-state index is 0.167. The number of aliphatic hydroxyl groups is 1. The number of halogens is 2. The molecular weight excluding hydrogens is 313 g/mol. The Kier molecular flexibility index (Phi) is 4.31. The van der Waals surface area contributed by atoms with Crippen LogP contribution in [0.1, 0.15) is 37.4 Å². The zero-order chi connectivity index (χ0) is 14.0. The van der Waals surface area contributed by atoms with E-state index >= 15 is 0 Å². The number of nitrogens with zero attached hydrogens (tertiary/aromatic N) is 3. The van der Waals surface area contributed by atoms with E-state index in [-0.39, 0.29) is 16.3 Å². The number of aromatic nitrogens is 3. The van der Waals surface area contributed by atoms with E-state index in [1.165, 1.54) is 12.4 Å². The maximum atomic E-state index is 13.4. The lowest BCUT2D eigenvalue weighted by atomic mass is 10.1. The van der Waals surface area contributed by atoms with Crippen LogP contribution in [0.4, 0.5) is 4.39 Å². The molecule has 0 amide bonds. The lowest BCUT2D eigenvalue weighted by Crippen LogP contribution is -2.12. The van der Waals surface area contributed by atoms with E-state index in [1.54, 1.807) is 16.8 Å². The van der Waals surface area contributed by atoms with E-state index in [1.807, 2.05) is 13.8 Å². The van der Waals surface area contributed by atoms with Crippen LogP contribution in [0.3, 0.4) is 0 Å². The molecule has 0 aliphatic rings. The Morgan fingerprint density at radius 3 is 2.84 bits per heavy atom. The topological polar surface area (TPSA) is 50.9 Å². The molecule has 2 rings (SSSR count). The summed E-state index contributed by atoms with van der Waals surface area (Å²) in [5, 5.41) is 14.3. The third kappa shape index (κ3) is 3.01. The number of hydrogen-bond acceptors (Lipinski definition) is 3. The molecule has 0 bridgehead atoms. The van der Waals surface area contributed by atoms with Gasteiger partial charge in [-0.25, -0.2) is 14.1 Å². The summed E-state index contributed by atoms with van der Waals surface area (Å²) in [6.07, 6.45) is 0.926. The van der Waals surface area contributed by atoms with Crippen molar-refractivity contribution in [2.24, 2.45) is 0 Å². The van der Waals surface area contributed by atoms with Gasteiger partial charge in [0, 0.05) is 12.5 Å². The first-order valence-electron chi connectivity index (χ1n) is 6.01. The number of aliphatic hydroxyl groups excluding tert-OH is 1. The van der Waals surface area contributed by atoms with E-state index in [4.69, 9.17) is 0 Å². The molecule has 0 saturated carbocycles. The van der Waals surface area contributed by atoms with E-state index < -0.39 is 6.10 Å². The lowest BCUT2D eigenvalue weighted by molar-refractivity contribution is 0.172. The summed E-state index contributed by atoms with van der Waals surface area (Å²) in [7, 11) is 0. The predicted octanol–water partition coefficient (Wildman–Crippen LogP) is 3.04. The highest BCUT2D eigenvalue weighted by molar-refractivity contribution is 9.10. The molecule has 102 valence electrons. The van der Waals surface area contributed by atoms with E-state index in [9.17, 15) is 9.50 Å². The Morgan fingerprint density at radius 2 is 2.16 bits per heavy atom. The maximum absolute atomic E-state index is 13.4. The Morgan fingerprint density at radius 1 is 1.42 bits per heavy atom. The molecular formula is C13H15BrFN3O. The van der Waals surface area contributed by atoms with Gasteiger partial charge in [-0.3, -0.25) is 0 Å². The Labute approximate surface area is 119 Å². The molecule has 0 aliphatic heterocycles. The van der Waals surface area contributed by atoms with Gasteiger partial charge in [0.2, 0.25) is 0 Å². The quantitative estimate of drug-likeness (QED) is 0.939. The average Bonchev–Trinajstić information content (AvgIpc) is 2.80. The molecule has 6 heteroatoms. The van der Waals surface area contributed by atoms with Crippen molar-refractivity contribution in [3.05, 3.63) is 46.2 Å². The highest BCUT2D eigenvalue weighted by Gasteiger charge is 2.18. The third-order valence-corrected chi connectivity index (χ3v) is 3.69. The van der Waals surface area contributed by atoms with Gasteiger partial charge in [-0.2, -0.15) is 5.10 Å². The second kappa shape index (κ2) is 5.79. The van der Waals surface area contributed by atoms with E-state index in [2.05, 4.69) is 26.0 Å². The fourth-order valence-corrected chi connectivity index (χ4v) is 2.44. The van der Waals surface area contributed by atoms with Crippen LogP contribution in [0.25, 0.3) is 0 Å². The van der Waals surface area contributed by atoms with Crippen LogP contribution in [0.2, 0.25) is 0 Å². The van der Waals surface area contributed by atoms with E-state index in [0.717, 1.165) is 0 Å². The predicted molar refractivity (Wildman–Crippen MR) is 73.2 cm³/mol. The number of benzene rings is 1. The summed E-state index contributed by atoms with van der Waals surface area (Å²) in [5.74, 6) is 0.292. The average molecular weight is 328 g/mol. The Bertz CT molecular complexity index is 571. The summed E-state index contributed by atoms with van der Waals surface area (Å²) < 4.78 is 15.5. The van der Waals surface area contributed by atoms with Crippen molar-refractivity contribution in [2.45, 2.75) is 32.4 Å². The van der Waals surface area contributed by atoms with Crippen molar-refractivity contribution >= 4 is 15.9 Å². The van der Waals surface area contributed by atoms with Crippen LogP contribution in [0.5, 0.6) is 0 Å². The Hall–Kier alpha value is -1.27. The monoisotopic (exact) mass is 327 g/mol. The molecule has 2 aromatic rings. The first-order valence-corrected chi connectivity index (χ1v) is 6.80. The maximum Gasteiger partial charge on any atom is 0.138 e. The number of rotatable bonds is 4. The molecule has 1 heterocycles. The molecule has 1 aromatic carbocycles. The molecule has 0 saturated heterocycles. The van der Waals surface area contributed by atoms with Gasteiger partial charge in [0.1, 0.15) is 18.0 Å². The van der Waals surface area contributed by atoms with Gasteiger partial charge in [0.15, 0.2) is 0 Å². The minimum atomic E-state index is -0.827. The molecule has 0 radical (unpaired) electrons. The van der Waals surface area contributed by atoms with Crippen LogP contribution in [-0.2, 0) is 6.42 Å². The summed E-state index contributed by atoms with van der Waals surface area (Å²) in [4.78, 5) is 4.14. The molecule has 1 aromatic heterocycles. The standard InChI is InChI=1S/C13H15BrFN3O/c1-8(2)18-12(16-7-17-18)6-11(19)9-4-3-5-10(15)13(9)14/h3-5,7-8,11,19H,6H2,1-2H3. The van der Waals surface area contributed by atoms with Gasteiger partial charge in [0.25, 0.3) is 0 Å². The zero-order valence-corrected chi connectivity index (χ0v) is 12.3. The molecule has 0 fully saturated rings. The normalized spacial score (nSPS) is 12.9. The SMILES string of the molecule is CC(C)n1ncnc1CC(O)c1cccc(F)c1Br. The second-order valence-electron chi connectivity index (χ2n) is 4.58. The molecule has 1 atom stereocenters. The van der Waals surface area contributed by atoms with Crippen molar-refractivity contribution in [1.82, 2.24) is 14.8 Å². The Balaban J connectivity index is 2.23. The van der Waals surface area contributed by atoms with Crippen molar-refractivity contribution in [3.8, 4) is 0 Å². The summed E-state index contributed by atoms with van der Waals surface area (Å²) in [6, 6.07) is 4.78. The van der Waals surface area contributed by atoms with Gasteiger partial charge in [0.05, 0.1) is 10.6 Å². The van der Waals surface area contributed by atoms with Crippen LogP contribution < -0.4 is 0 Å². The first kappa shape index (κ1) is 14.1. The molecule has 1 unspecified atom stereocenters. The number of hydrogen-bond donors (Lipinski definition) is 1. The molecule has 4 nitrogen and oxygen atoms in total. The van der Waals surface area contributed by atoms with Gasteiger partial charge >= 0.3 is 0 Å². The smallest absolute Gasteiger partial charge is 0.138 e. The summed E-state index contributed by atoms with van der Waals surface area (Å²) in [5.41, 5.74) is 0.512. The first-order chi connectivity index (χ1) is 9.00. The minimum Gasteiger partial charge on any atom is -0.388 e. The molecule has 0 aliphatic carbocycles. The highest BCUT2D eigenvalue weighted by Crippen LogP contribution is 2.28. The van der Waals surface area contributed by atoms with Crippen molar-refractivity contribution in [2.75, 3.05) is 0 Å². The zero-order valence-electron chi connectivity index (χ0n) is 10.7. The third-order valence-electron chi connectivity index (χ3n) is 2.85. The fourth-order valence-electron chi connectivity index (χ4n) is 1.91. The van der Waals surface area contributed by atoms with Crippen molar-refractivity contribution in [1.29, 1.82) is 0 Å². The van der Waals surface area contributed by atoms with Crippen LogP contribution in [0.15, 0.2) is 29.0 Å². The van der Waals surface area contributed by atoms with Gasteiger partial charge in [-0.15, -0.1) is 0 Å². The van der Waals surface area contributed by atoms with Crippen molar-refractivity contribution < 1.29 is 9.50 Å². The van der Waals surface area contributed by atoms with Gasteiger partial charge in [-0.1, -0.05) is 12.1 Å². The van der Waals surface area contributed by atoms with E-state index in [0.29, 0.717) is 17.8 Å². The summed E-state index contributed by atoms with van der Waals surface area (Å²) >= 11 is 3.15.